The van der Waals surface area contributed by atoms with Crippen LogP contribution in [0.5, 0.6) is 0 Å². The van der Waals surface area contributed by atoms with E-state index in [-0.39, 0.29) is 35.9 Å². The Bertz CT molecular complexity index is 1160. The van der Waals surface area contributed by atoms with Gasteiger partial charge in [0.1, 0.15) is 17.6 Å². The third kappa shape index (κ3) is 7.02. The first kappa shape index (κ1) is 31.6. The van der Waals surface area contributed by atoms with Crippen molar-refractivity contribution in [1.82, 2.24) is 0 Å². The fourth-order valence-electron chi connectivity index (χ4n) is 6.78. The van der Waals surface area contributed by atoms with E-state index in [0.29, 0.717) is 37.2 Å². The molecule has 4 rings (SSSR count). The van der Waals surface area contributed by atoms with Crippen LogP contribution >= 0.6 is 0 Å². The maximum atomic E-state index is 13.8. The van der Waals surface area contributed by atoms with Gasteiger partial charge in [-0.3, -0.25) is 9.59 Å². The van der Waals surface area contributed by atoms with Gasteiger partial charge < -0.3 is 24.4 Å². The summed E-state index contributed by atoms with van der Waals surface area (Å²) in [4.78, 5) is 26.6. The summed E-state index contributed by atoms with van der Waals surface area (Å²) in [6.07, 6.45) is 14.2. The van der Waals surface area contributed by atoms with Gasteiger partial charge in [-0.05, 0) is 75.5 Å². The topological polar surface area (TPSA) is 102 Å². The molecule has 7 nitrogen and oxygen atoms in total. The van der Waals surface area contributed by atoms with Gasteiger partial charge in [0.25, 0.3) is 0 Å². The number of rotatable bonds is 2. The summed E-state index contributed by atoms with van der Waals surface area (Å²) >= 11 is 0. The number of esters is 1. The summed E-state index contributed by atoms with van der Waals surface area (Å²) in [5.74, 6) is -2.32. The van der Waals surface area contributed by atoms with E-state index in [0.717, 1.165) is 18.4 Å². The van der Waals surface area contributed by atoms with Crippen LogP contribution in [0.15, 0.2) is 58.7 Å². The molecule has 2 saturated heterocycles. The molecule has 0 amide bonds. The van der Waals surface area contributed by atoms with E-state index < -0.39 is 36.0 Å². The highest BCUT2D eigenvalue weighted by Crippen LogP contribution is 2.45. The van der Waals surface area contributed by atoms with E-state index >= 15 is 0 Å². The lowest BCUT2D eigenvalue weighted by Gasteiger charge is -2.50. The van der Waals surface area contributed by atoms with Crippen molar-refractivity contribution in [3.05, 3.63) is 58.7 Å². The van der Waals surface area contributed by atoms with Crippen LogP contribution in [0.4, 0.5) is 0 Å². The summed E-state index contributed by atoms with van der Waals surface area (Å²) < 4.78 is 19.6. The molecule has 1 spiro atoms. The number of hydrogen-bond acceptors (Lipinski definition) is 7. The summed E-state index contributed by atoms with van der Waals surface area (Å²) in [5.41, 5.74) is 1.13. The third-order valence-electron chi connectivity index (χ3n) is 9.36. The highest BCUT2D eigenvalue weighted by Gasteiger charge is 2.52. The molecule has 2 bridgehead atoms. The number of carbonyl (C=O) groups is 2. The molecule has 3 heterocycles. The fourth-order valence-corrected chi connectivity index (χ4v) is 6.78. The van der Waals surface area contributed by atoms with Gasteiger partial charge in [0.2, 0.25) is 0 Å². The minimum atomic E-state index is -1.88. The van der Waals surface area contributed by atoms with Crippen LogP contribution in [-0.4, -0.2) is 58.3 Å². The van der Waals surface area contributed by atoms with Crippen LogP contribution in [0.25, 0.3) is 0 Å². The number of aliphatic hydroxyl groups excluding tert-OH is 1. The van der Waals surface area contributed by atoms with Crippen LogP contribution in [0.2, 0.25) is 0 Å². The number of Topliss-reactive ketones (excluding diaryl/α,β-unsaturated/α-hetero) is 1. The van der Waals surface area contributed by atoms with Crippen molar-refractivity contribution in [2.75, 3.05) is 6.61 Å². The van der Waals surface area contributed by atoms with Crippen molar-refractivity contribution in [1.29, 1.82) is 0 Å². The molecule has 41 heavy (non-hydrogen) atoms. The Kier molecular flexibility index (Phi) is 9.95. The normalized spacial score (nSPS) is 39.4. The molecule has 7 heteroatoms. The third-order valence-corrected chi connectivity index (χ3v) is 9.36. The van der Waals surface area contributed by atoms with Gasteiger partial charge in [-0.15, -0.1) is 0 Å². The largest absolute Gasteiger partial charge is 0.462 e. The monoisotopic (exact) mass is 568 g/mol. The van der Waals surface area contributed by atoms with Gasteiger partial charge in [-0.1, -0.05) is 55.9 Å². The average molecular weight is 569 g/mol. The number of ether oxygens (including phenoxy) is 3. The molecule has 1 aliphatic carbocycles. The predicted octanol–water partition coefficient (Wildman–Crippen LogP) is 5.67. The SMILES string of the molecule is C/C=C(\C)[C@H]1O[C@]2(CC[C@@H]1C)C[C@@H]1C[C@@H](CC=C(C)C[C@@H](C)C=CC=C(CO)[C@]3(O)CC(=O)C(C)=C[C@H]3C(=O)O1)O2. The Morgan fingerprint density at radius 2 is 1.93 bits per heavy atom. The van der Waals surface area contributed by atoms with Crippen LogP contribution in [0, 0.1) is 17.8 Å². The second-order valence-electron chi connectivity index (χ2n) is 12.8. The number of aliphatic hydroxyl groups is 2. The van der Waals surface area contributed by atoms with Crippen LogP contribution in [-0.2, 0) is 23.8 Å². The Morgan fingerprint density at radius 3 is 2.63 bits per heavy atom. The van der Waals surface area contributed by atoms with Gasteiger partial charge in [-0.2, -0.15) is 0 Å². The molecule has 226 valence electrons. The summed E-state index contributed by atoms with van der Waals surface area (Å²) in [6, 6.07) is 0. The van der Waals surface area contributed by atoms with E-state index in [9.17, 15) is 19.8 Å². The van der Waals surface area contributed by atoms with Gasteiger partial charge in [0.05, 0.1) is 18.8 Å². The molecular formula is C34H48O7. The Hall–Kier alpha value is -2.32. The first-order valence-corrected chi connectivity index (χ1v) is 15.2. The lowest BCUT2D eigenvalue weighted by Crippen LogP contribution is -2.55. The quantitative estimate of drug-likeness (QED) is 0.327. The number of allylic oxidation sites excluding steroid dienone is 6. The molecule has 3 aliphatic heterocycles. The van der Waals surface area contributed by atoms with Crippen LogP contribution in [0.3, 0.4) is 0 Å². The first-order valence-electron chi connectivity index (χ1n) is 15.2. The summed E-state index contributed by atoms with van der Waals surface area (Å²) in [7, 11) is 0. The maximum absolute atomic E-state index is 13.8. The molecule has 0 saturated carbocycles. The van der Waals surface area contributed by atoms with Crippen molar-refractivity contribution in [2.24, 2.45) is 17.8 Å². The van der Waals surface area contributed by atoms with E-state index in [2.05, 4.69) is 39.8 Å². The second kappa shape index (κ2) is 12.9. The van der Waals surface area contributed by atoms with Crippen molar-refractivity contribution < 1.29 is 34.0 Å². The lowest BCUT2D eigenvalue weighted by molar-refractivity contribution is -0.329. The average Bonchev–Trinajstić information content (AvgIpc) is 2.92. The molecule has 8 atom stereocenters. The smallest absolute Gasteiger partial charge is 0.316 e. The zero-order valence-corrected chi connectivity index (χ0v) is 25.5. The number of fused-ring (bicyclic) bond motifs is 3. The highest BCUT2D eigenvalue weighted by molar-refractivity contribution is 5.99. The van der Waals surface area contributed by atoms with Gasteiger partial charge in [0.15, 0.2) is 11.6 Å². The van der Waals surface area contributed by atoms with Crippen LogP contribution < -0.4 is 0 Å². The predicted molar refractivity (Wildman–Crippen MR) is 158 cm³/mol. The molecule has 0 radical (unpaired) electrons. The van der Waals surface area contributed by atoms with E-state index in [1.165, 1.54) is 11.6 Å². The van der Waals surface area contributed by atoms with Gasteiger partial charge in [0, 0.05) is 25.7 Å². The van der Waals surface area contributed by atoms with Gasteiger partial charge in [-0.25, -0.2) is 0 Å². The number of carbonyl (C=O) groups excluding carboxylic acids is 2. The lowest BCUT2D eigenvalue weighted by atomic mass is 9.72. The molecular weight excluding hydrogens is 520 g/mol. The second-order valence-corrected chi connectivity index (χ2v) is 12.8. The molecule has 0 aromatic heterocycles. The highest BCUT2D eigenvalue weighted by atomic mass is 16.7. The van der Waals surface area contributed by atoms with Crippen molar-refractivity contribution >= 4 is 11.8 Å². The molecule has 2 fully saturated rings. The number of ketones is 1. The van der Waals surface area contributed by atoms with E-state index in [1.54, 1.807) is 19.1 Å². The molecule has 4 aliphatic rings. The van der Waals surface area contributed by atoms with Crippen LogP contribution in [0.1, 0.15) is 86.5 Å². The Labute approximate surface area is 245 Å². The van der Waals surface area contributed by atoms with Crippen molar-refractivity contribution in [3.63, 3.8) is 0 Å². The molecule has 2 N–H and O–H groups in total. The number of hydrogen-bond donors (Lipinski definition) is 2. The maximum Gasteiger partial charge on any atom is 0.316 e. The Balaban J connectivity index is 1.73. The van der Waals surface area contributed by atoms with Gasteiger partial charge >= 0.3 is 5.97 Å². The fraction of sp³-hybridized carbons (Fsp3) is 0.647. The molecule has 0 aromatic rings. The first-order chi connectivity index (χ1) is 19.4. The van der Waals surface area contributed by atoms with Crippen molar-refractivity contribution in [3.8, 4) is 0 Å². The minimum Gasteiger partial charge on any atom is -0.462 e. The summed E-state index contributed by atoms with van der Waals surface area (Å²) in [6.45, 7) is 11.7. The zero-order chi connectivity index (χ0) is 29.9. The minimum absolute atomic E-state index is 0.0797. The zero-order valence-electron chi connectivity index (χ0n) is 25.5. The van der Waals surface area contributed by atoms with E-state index in [4.69, 9.17) is 14.2 Å². The molecule has 0 unspecified atom stereocenters. The van der Waals surface area contributed by atoms with E-state index in [1.807, 2.05) is 13.0 Å². The molecule has 0 aromatic carbocycles. The Morgan fingerprint density at radius 1 is 1.17 bits per heavy atom. The standard InChI is InChI=1S/C34H48O7/c1-7-23(4)31-24(5)13-14-33(41-31)18-28-17-27(40-33)12-11-22(3)15-21(2)9-8-10-26(20-35)34(38)19-30(36)25(6)16-29(34)32(37)39-28/h7-11,16,21,24,27-29,31,35,38H,12-15,17-20H2,1-6H3/b9-8?,22-11?,23-7+,26-10?/t21-,24-,27+,28-,29-,31+,33+,34+/m0/s1. The summed E-state index contributed by atoms with van der Waals surface area (Å²) in [5, 5.41) is 22.1. The van der Waals surface area contributed by atoms with Crippen molar-refractivity contribution in [2.45, 2.75) is 116 Å².